The summed E-state index contributed by atoms with van der Waals surface area (Å²) in [5.74, 6) is 0. The minimum absolute atomic E-state index is 0.117. The van der Waals surface area contributed by atoms with Gasteiger partial charge >= 0.3 is 0 Å². The van der Waals surface area contributed by atoms with Crippen molar-refractivity contribution in [2.24, 2.45) is 0 Å². The molecular weight excluding hydrogens is 559 g/mol. The summed E-state index contributed by atoms with van der Waals surface area (Å²) < 4.78 is 84.8. The Morgan fingerprint density at radius 1 is 0.442 bits per heavy atom. The molecule has 0 atom stereocenters. The predicted octanol–water partition coefficient (Wildman–Crippen LogP) is 12.6. The van der Waals surface area contributed by atoms with E-state index in [1.807, 2.05) is 41.3 Å². The maximum absolute atomic E-state index is 8.47. The van der Waals surface area contributed by atoms with Crippen LogP contribution in [0, 0.1) is 0 Å². The summed E-state index contributed by atoms with van der Waals surface area (Å²) >= 11 is 3.36. The Balaban J connectivity index is 1.23. The van der Waals surface area contributed by atoms with Crippen LogP contribution in [0.4, 0.5) is 16.4 Å². The van der Waals surface area contributed by atoms with Crippen LogP contribution in [0.2, 0.25) is 0 Å². The molecule has 0 saturated carbocycles. The fraction of sp³-hybridized carbons (Fsp3) is 0. The second kappa shape index (κ2) is 11.0. The zero-order chi connectivity index (χ0) is 37.3. The maximum atomic E-state index is 8.47. The molecule has 0 bridgehead atoms. The van der Waals surface area contributed by atoms with Gasteiger partial charge in [0.05, 0.1) is 13.7 Å². The van der Waals surface area contributed by atoms with E-state index in [9.17, 15) is 0 Å². The molecule has 6 aromatic carbocycles. The summed E-state index contributed by atoms with van der Waals surface area (Å²) in [6, 6.07) is 29.7. The number of thiophene rings is 2. The molecule has 0 N–H and O–H groups in total. The van der Waals surface area contributed by atoms with E-state index in [0.717, 1.165) is 26.8 Å². The van der Waals surface area contributed by atoms with E-state index in [1.165, 1.54) is 20.2 Å². The molecule has 0 saturated heterocycles. The van der Waals surface area contributed by atoms with Crippen molar-refractivity contribution in [3.05, 3.63) is 164 Å². The normalized spacial score (nSPS) is 14.5. The lowest BCUT2D eigenvalue weighted by Gasteiger charge is -2.24. The summed E-state index contributed by atoms with van der Waals surface area (Å²) in [7, 11) is 0. The standard InChI is InChI=1S/C40H27NS2/c1-3-9-28(10-4-1)30-15-20-33(21-16-30)41(34-22-17-31(18-23-34)29-11-5-2-6-12-29)40-26-25-37(43-40)32-19-24-39-36(27-32)35-13-7-8-14-38(35)42-39/h1-27H/i1D,2D,3D,4D,5D,6D,9D,10D,11D,12D. The lowest BCUT2D eigenvalue weighted by molar-refractivity contribution is 1.32. The minimum atomic E-state index is -0.446. The highest BCUT2D eigenvalue weighted by atomic mass is 32.1. The van der Waals surface area contributed by atoms with Crippen molar-refractivity contribution >= 4 is 59.2 Å². The molecular formula is C40H27NS2. The zero-order valence-corrected chi connectivity index (χ0v) is 24.2. The van der Waals surface area contributed by atoms with Crippen LogP contribution in [0.3, 0.4) is 0 Å². The van der Waals surface area contributed by atoms with E-state index in [1.54, 1.807) is 46.9 Å². The molecule has 2 aromatic heterocycles. The summed E-state index contributed by atoms with van der Waals surface area (Å²) in [5.41, 5.74) is 3.74. The van der Waals surface area contributed by atoms with Gasteiger partial charge in [-0.2, -0.15) is 0 Å². The minimum Gasteiger partial charge on any atom is -0.302 e. The molecule has 0 amide bonds. The van der Waals surface area contributed by atoms with Gasteiger partial charge < -0.3 is 4.90 Å². The van der Waals surface area contributed by atoms with Gasteiger partial charge in [-0.25, -0.2) is 0 Å². The number of rotatable bonds is 6. The monoisotopic (exact) mass is 595 g/mol. The second-order valence-corrected chi connectivity index (χ2v) is 12.0. The lowest BCUT2D eigenvalue weighted by Crippen LogP contribution is -2.08. The van der Waals surface area contributed by atoms with E-state index in [-0.39, 0.29) is 35.3 Å². The molecule has 0 spiro atoms. The Morgan fingerprint density at radius 2 is 1.00 bits per heavy atom. The van der Waals surface area contributed by atoms with Gasteiger partial charge in [-0.3, -0.25) is 0 Å². The van der Waals surface area contributed by atoms with Crippen LogP contribution in [-0.4, -0.2) is 0 Å². The van der Waals surface area contributed by atoms with Crippen LogP contribution >= 0.6 is 22.7 Å². The number of benzene rings is 6. The third kappa shape index (κ3) is 4.93. The van der Waals surface area contributed by atoms with Crippen LogP contribution < -0.4 is 4.90 Å². The molecule has 0 radical (unpaired) electrons. The first-order valence-corrected chi connectivity index (χ1v) is 15.2. The molecule has 8 aromatic rings. The van der Waals surface area contributed by atoms with Crippen molar-refractivity contribution in [3.8, 4) is 32.7 Å². The van der Waals surface area contributed by atoms with Crippen LogP contribution in [0.1, 0.15) is 13.7 Å². The fourth-order valence-electron chi connectivity index (χ4n) is 5.23. The number of fused-ring (bicyclic) bond motifs is 3. The van der Waals surface area contributed by atoms with Crippen LogP contribution in [0.25, 0.3) is 52.9 Å². The van der Waals surface area contributed by atoms with Crippen molar-refractivity contribution in [2.75, 3.05) is 4.90 Å². The second-order valence-electron chi connectivity index (χ2n) is 9.88. The summed E-state index contributed by atoms with van der Waals surface area (Å²) in [5, 5.41) is 3.29. The van der Waals surface area contributed by atoms with Crippen LogP contribution in [0.15, 0.2) is 164 Å². The molecule has 1 nitrogen and oxygen atoms in total. The maximum Gasteiger partial charge on any atom is 0.101 e. The largest absolute Gasteiger partial charge is 0.302 e. The number of nitrogens with zero attached hydrogens (tertiary/aromatic N) is 1. The first-order chi connectivity index (χ1) is 25.4. The van der Waals surface area contributed by atoms with Gasteiger partial charge in [0.15, 0.2) is 0 Å². The molecule has 8 rings (SSSR count). The van der Waals surface area contributed by atoms with E-state index in [4.69, 9.17) is 13.7 Å². The van der Waals surface area contributed by atoms with Crippen molar-refractivity contribution in [1.82, 2.24) is 0 Å². The lowest BCUT2D eigenvalue weighted by atomic mass is 10.0. The summed E-state index contributed by atoms with van der Waals surface area (Å²) in [6.07, 6.45) is 0. The topological polar surface area (TPSA) is 3.24 Å². The Hall–Kier alpha value is -4.96. The van der Waals surface area contributed by atoms with Gasteiger partial charge in [-0.1, -0.05) is 109 Å². The number of hydrogen-bond acceptors (Lipinski definition) is 3. The van der Waals surface area contributed by atoms with Crippen LogP contribution in [0.5, 0.6) is 0 Å². The Bertz CT molecular complexity index is 2570. The SMILES string of the molecule is [2H]c1c([2H])c([2H])c(-c2ccc(N(c3ccc(-c4c([2H])c([2H])c([2H])c([2H])c4[2H])cc3)c3ccc(-c4ccc5sc6ccccc6c5c4)s3)cc2)c([2H])c1[2H]. The first kappa shape index (κ1) is 17.2. The average molecular weight is 596 g/mol. The first-order valence-electron chi connectivity index (χ1n) is 18.6. The molecule has 2 heterocycles. The van der Waals surface area contributed by atoms with Gasteiger partial charge in [-0.05, 0) is 82.4 Å². The highest BCUT2D eigenvalue weighted by Crippen LogP contribution is 2.44. The van der Waals surface area contributed by atoms with E-state index in [2.05, 4.69) is 42.5 Å². The Labute approximate surface area is 273 Å². The molecule has 0 unspecified atom stereocenters. The highest BCUT2D eigenvalue weighted by Gasteiger charge is 2.17. The predicted molar refractivity (Wildman–Crippen MR) is 188 cm³/mol. The number of hydrogen-bond donors (Lipinski definition) is 0. The third-order valence-electron chi connectivity index (χ3n) is 7.30. The van der Waals surface area contributed by atoms with Crippen molar-refractivity contribution in [1.29, 1.82) is 0 Å². The van der Waals surface area contributed by atoms with Crippen molar-refractivity contribution < 1.29 is 13.7 Å². The van der Waals surface area contributed by atoms with E-state index >= 15 is 0 Å². The van der Waals surface area contributed by atoms with Crippen molar-refractivity contribution in [3.63, 3.8) is 0 Å². The highest BCUT2D eigenvalue weighted by molar-refractivity contribution is 7.25. The van der Waals surface area contributed by atoms with Gasteiger partial charge in [0.1, 0.15) is 5.00 Å². The molecule has 0 aliphatic heterocycles. The van der Waals surface area contributed by atoms with Gasteiger partial charge in [0.25, 0.3) is 0 Å². The fourth-order valence-corrected chi connectivity index (χ4v) is 7.36. The average Bonchev–Trinajstić information content (AvgIpc) is 3.81. The summed E-state index contributed by atoms with van der Waals surface area (Å²) in [6.45, 7) is 0. The van der Waals surface area contributed by atoms with Gasteiger partial charge in [0.2, 0.25) is 0 Å². The molecule has 43 heavy (non-hydrogen) atoms. The Morgan fingerprint density at radius 3 is 1.63 bits per heavy atom. The third-order valence-corrected chi connectivity index (χ3v) is 9.57. The molecule has 0 aliphatic carbocycles. The van der Waals surface area contributed by atoms with Crippen molar-refractivity contribution in [2.45, 2.75) is 0 Å². The zero-order valence-electron chi connectivity index (χ0n) is 32.6. The number of anilines is 3. The molecule has 0 aliphatic rings. The van der Waals surface area contributed by atoms with Gasteiger partial charge in [-0.15, -0.1) is 22.7 Å². The van der Waals surface area contributed by atoms with E-state index < -0.39 is 36.3 Å². The van der Waals surface area contributed by atoms with Gasteiger partial charge in [0, 0.05) is 36.4 Å². The van der Waals surface area contributed by atoms with E-state index in [0.29, 0.717) is 11.1 Å². The summed E-state index contributed by atoms with van der Waals surface area (Å²) in [4.78, 5) is 3.08. The van der Waals surface area contributed by atoms with Crippen LogP contribution in [-0.2, 0) is 0 Å². The quantitative estimate of drug-likeness (QED) is 0.185. The molecule has 0 fully saturated rings. The smallest absolute Gasteiger partial charge is 0.101 e. The molecule has 204 valence electrons. The Kier molecular flexibility index (Phi) is 4.42. The molecule has 3 heteroatoms.